The van der Waals surface area contributed by atoms with Gasteiger partial charge in [-0.2, -0.15) is 8.78 Å². The number of halogens is 2. The summed E-state index contributed by atoms with van der Waals surface area (Å²) in [6.07, 6.45) is 1.84. The largest absolute Gasteiger partial charge is 0.434 e. The summed E-state index contributed by atoms with van der Waals surface area (Å²) in [6, 6.07) is 11.6. The lowest BCUT2D eigenvalue weighted by Crippen LogP contribution is -2.57. The minimum absolute atomic E-state index is 0.0403. The molecule has 2 atom stereocenters. The molecule has 4 aromatic rings. The van der Waals surface area contributed by atoms with Crippen molar-refractivity contribution in [2.24, 2.45) is 7.05 Å². The molecular weight excluding hydrogens is 538 g/mol. The summed E-state index contributed by atoms with van der Waals surface area (Å²) in [7, 11) is 1.62. The monoisotopic (exact) mass is 568 g/mol. The van der Waals surface area contributed by atoms with Crippen LogP contribution in [0.5, 0.6) is 5.75 Å². The third kappa shape index (κ3) is 5.63. The highest BCUT2D eigenvalue weighted by atomic mass is 19.3. The van der Waals surface area contributed by atoms with Crippen LogP contribution in [0, 0.1) is 0 Å². The lowest BCUT2D eigenvalue weighted by Gasteiger charge is -2.40. The maximum atomic E-state index is 12.9. The number of para-hydroxylation sites is 1. The summed E-state index contributed by atoms with van der Waals surface area (Å²) >= 11 is 0. The third-order valence-electron chi connectivity index (χ3n) is 7.30. The summed E-state index contributed by atoms with van der Waals surface area (Å²) < 4.78 is 33.7. The Morgan fingerprint density at radius 3 is 2.61 bits per heavy atom. The van der Waals surface area contributed by atoms with E-state index < -0.39 is 25.2 Å². The van der Waals surface area contributed by atoms with Gasteiger partial charge in [0, 0.05) is 43.9 Å². The van der Waals surface area contributed by atoms with E-state index in [1.807, 2.05) is 17.9 Å². The predicted octanol–water partition coefficient (Wildman–Crippen LogP) is 1.84. The second-order valence-corrected chi connectivity index (χ2v) is 9.89. The molecule has 11 nitrogen and oxygen atoms in total. The summed E-state index contributed by atoms with van der Waals surface area (Å²) in [6.45, 7) is -0.254. The molecule has 1 saturated heterocycles. The number of aromatic nitrogens is 4. The number of carbonyl (C=O) groups is 1. The zero-order chi connectivity index (χ0) is 29.3. The first kappa shape index (κ1) is 28.2. The van der Waals surface area contributed by atoms with E-state index in [1.165, 1.54) is 10.7 Å². The molecule has 5 rings (SSSR count). The molecule has 0 radical (unpaired) electrons. The van der Waals surface area contributed by atoms with Crippen molar-refractivity contribution < 1.29 is 28.5 Å². The van der Waals surface area contributed by atoms with Gasteiger partial charge in [0.05, 0.1) is 42.1 Å². The first-order valence-electron chi connectivity index (χ1n) is 13.1. The van der Waals surface area contributed by atoms with Crippen molar-refractivity contribution >= 4 is 22.6 Å². The number of aliphatic hydroxyl groups is 2. The number of aliphatic hydroxyl groups excluding tert-OH is 2. The van der Waals surface area contributed by atoms with E-state index in [2.05, 4.69) is 14.7 Å². The topological polar surface area (TPSA) is 126 Å². The smallest absolute Gasteiger partial charge is 0.387 e. The standard InChI is InChI=1S/C28H30F2N6O5/c1-17-14-34(9-10-35(17)27(40)23(38)16-37)25-13-31-21(12-32-25)18-7-8-20-22(11-18)36(33(2)26(20)39)15-19-5-3-4-6-24(19)41-28(29)30/h3-8,11-13,17,23,28,37-38H,9-10,14-16H2,1-2H3/t17-,23+/m1/s1. The van der Waals surface area contributed by atoms with E-state index in [-0.39, 0.29) is 23.9 Å². The fraction of sp³-hybridized carbons (Fsp3) is 0.357. The van der Waals surface area contributed by atoms with Gasteiger partial charge in [-0.25, -0.2) is 4.98 Å². The molecule has 0 spiro atoms. The van der Waals surface area contributed by atoms with Crippen LogP contribution in [-0.2, 0) is 18.4 Å². The van der Waals surface area contributed by atoms with Crippen molar-refractivity contribution in [2.45, 2.75) is 32.2 Å². The Bertz CT molecular complexity index is 1610. The highest BCUT2D eigenvalue weighted by Crippen LogP contribution is 2.26. The molecule has 0 unspecified atom stereocenters. The molecule has 1 fully saturated rings. The molecule has 3 heterocycles. The van der Waals surface area contributed by atoms with Crippen molar-refractivity contribution in [3.8, 4) is 17.0 Å². The number of carbonyl (C=O) groups excluding carboxylic acids is 1. The highest BCUT2D eigenvalue weighted by molar-refractivity contribution is 5.84. The second-order valence-electron chi connectivity index (χ2n) is 9.89. The fourth-order valence-electron chi connectivity index (χ4n) is 5.13. The van der Waals surface area contributed by atoms with Gasteiger partial charge >= 0.3 is 6.61 Å². The van der Waals surface area contributed by atoms with Crippen LogP contribution in [0.25, 0.3) is 22.2 Å². The van der Waals surface area contributed by atoms with Gasteiger partial charge in [0.1, 0.15) is 11.6 Å². The Morgan fingerprint density at radius 2 is 1.93 bits per heavy atom. The van der Waals surface area contributed by atoms with Gasteiger partial charge in [0.25, 0.3) is 11.5 Å². The minimum Gasteiger partial charge on any atom is -0.434 e. The molecule has 1 amide bonds. The van der Waals surface area contributed by atoms with E-state index in [4.69, 9.17) is 5.11 Å². The van der Waals surface area contributed by atoms with E-state index in [0.29, 0.717) is 47.6 Å². The molecule has 216 valence electrons. The van der Waals surface area contributed by atoms with Crippen LogP contribution in [0.1, 0.15) is 12.5 Å². The Hall–Kier alpha value is -4.36. The number of rotatable bonds is 8. The van der Waals surface area contributed by atoms with Gasteiger partial charge in [-0.05, 0) is 25.1 Å². The first-order valence-corrected chi connectivity index (χ1v) is 13.1. The van der Waals surface area contributed by atoms with Crippen molar-refractivity contribution in [3.05, 3.63) is 70.8 Å². The van der Waals surface area contributed by atoms with Gasteiger partial charge in [-0.1, -0.05) is 24.3 Å². The lowest BCUT2D eigenvalue weighted by molar-refractivity contribution is -0.144. The van der Waals surface area contributed by atoms with E-state index >= 15 is 0 Å². The predicted molar refractivity (Wildman–Crippen MR) is 147 cm³/mol. The molecule has 13 heteroatoms. The number of benzene rings is 2. The number of ether oxygens (including phenoxy) is 1. The van der Waals surface area contributed by atoms with Crippen molar-refractivity contribution in [2.75, 3.05) is 31.1 Å². The molecule has 2 N–H and O–H groups in total. The van der Waals surface area contributed by atoms with E-state index in [1.54, 1.807) is 59.4 Å². The number of alkyl halides is 2. The molecule has 0 saturated carbocycles. The van der Waals surface area contributed by atoms with Crippen molar-refractivity contribution in [1.82, 2.24) is 24.2 Å². The molecule has 1 aliphatic rings. The number of amides is 1. The number of piperazine rings is 1. The molecule has 0 bridgehead atoms. The maximum Gasteiger partial charge on any atom is 0.387 e. The Balaban J connectivity index is 1.39. The van der Waals surface area contributed by atoms with Crippen LogP contribution in [0.4, 0.5) is 14.6 Å². The normalized spacial score (nSPS) is 16.4. The Morgan fingerprint density at radius 1 is 1.15 bits per heavy atom. The lowest BCUT2D eigenvalue weighted by atomic mass is 10.1. The van der Waals surface area contributed by atoms with E-state index in [9.17, 15) is 23.5 Å². The number of hydrogen-bond acceptors (Lipinski definition) is 8. The second kappa shape index (κ2) is 11.6. The molecule has 1 aliphatic heterocycles. The average Bonchev–Trinajstić information content (AvgIpc) is 3.21. The van der Waals surface area contributed by atoms with Crippen LogP contribution >= 0.6 is 0 Å². The fourth-order valence-corrected chi connectivity index (χ4v) is 5.13. The number of nitrogens with zero attached hydrogens (tertiary/aromatic N) is 6. The van der Waals surface area contributed by atoms with Crippen molar-refractivity contribution in [1.29, 1.82) is 0 Å². The summed E-state index contributed by atoms with van der Waals surface area (Å²) in [4.78, 5) is 37.9. The molecule has 41 heavy (non-hydrogen) atoms. The Labute approximate surface area is 233 Å². The van der Waals surface area contributed by atoms with Crippen LogP contribution in [0.3, 0.4) is 0 Å². The van der Waals surface area contributed by atoms with Crippen LogP contribution < -0.4 is 15.2 Å². The van der Waals surface area contributed by atoms with Gasteiger partial charge in [-0.3, -0.25) is 23.9 Å². The summed E-state index contributed by atoms with van der Waals surface area (Å²) in [5.74, 6) is 0.170. The van der Waals surface area contributed by atoms with Gasteiger partial charge in [0.2, 0.25) is 0 Å². The minimum atomic E-state index is -2.97. The van der Waals surface area contributed by atoms with E-state index in [0.717, 1.165) is 5.56 Å². The number of hydrogen-bond donors (Lipinski definition) is 2. The summed E-state index contributed by atoms with van der Waals surface area (Å²) in [5, 5.41) is 19.3. The molecular formula is C28H30F2N6O5. The maximum absolute atomic E-state index is 12.9. The first-order chi connectivity index (χ1) is 19.7. The van der Waals surface area contributed by atoms with Gasteiger partial charge in [0.15, 0.2) is 6.10 Å². The number of anilines is 1. The van der Waals surface area contributed by atoms with Crippen LogP contribution in [0.15, 0.2) is 59.7 Å². The van der Waals surface area contributed by atoms with Crippen LogP contribution in [0.2, 0.25) is 0 Å². The zero-order valence-corrected chi connectivity index (χ0v) is 22.5. The third-order valence-corrected chi connectivity index (χ3v) is 7.30. The van der Waals surface area contributed by atoms with Gasteiger partial charge in [-0.15, -0.1) is 0 Å². The number of fused-ring (bicyclic) bond motifs is 1. The zero-order valence-electron chi connectivity index (χ0n) is 22.5. The highest BCUT2D eigenvalue weighted by Gasteiger charge is 2.31. The summed E-state index contributed by atoms with van der Waals surface area (Å²) in [5.41, 5.74) is 2.17. The molecule has 0 aliphatic carbocycles. The molecule has 2 aromatic heterocycles. The quantitative estimate of drug-likeness (QED) is 0.330. The average molecular weight is 569 g/mol. The SMILES string of the molecule is C[C@@H]1CN(c2cnc(-c3ccc4c(=O)n(C)n(Cc5ccccc5OC(F)F)c4c3)cn2)CCN1C(=O)[C@@H](O)CO. The van der Waals surface area contributed by atoms with Crippen molar-refractivity contribution in [3.63, 3.8) is 0 Å². The van der Waals surface area contributed by atoms with Gasteiger partial charge < -0.3 is 24.7 Å². The molecule has 2 aromatic carbocycles. The van der Waals surface area contributed by atoms with Crippen LogP contribution in [-0.4, -0.2) is 85.4 Å². The Kier molecular flexibility index (Phi) is 7.99.